The van der Waals surface area contributed by atoms with Gasteiger partial charge in [-0.1, -0.05) is 12.1 Å². The van der Waals surface area contributed by atoms with E-state index in [4.69, 9.17) is 5.11 Å². The molecule has 0 saturated carbocycles. The van der Waals surface area contributed by atoms with Crippen LogP contribution in [0.3, 0.4) is 0 Å². The van der Waals surface area contributed by atoms with Gasteiger partial charge in [0.2, 0.25) is 15.9 Å². The molecule has 0 spiro atoms. The van der Waals surface area contributed by atoms with Gasteiger partial charge in [0, 0.05) is 27.1 Å². The topological polar surface area (TPSA) is 104 Å². The summed E-state index contributed by atoms with van der Waals surface area (Å²) in [5.74, 6) is -1.62. The van der Waals surface area contributed by atoms with Crippen molar-refractivity contribution in [2.75, 3.05) is 20.6 Å². The summed E-state index contributed by atoms with van der Waals surface area (Å²) in [5, 5.41) is 8.85. The third-order valence-electron chi connectivity index (χ3n) is 2.69. The summed E-state index contributed by atoms with van der Waals surface area (Å²) in [6.45, 7) is 0.0119. The van der Waals surface area contributed by atoms with E-state index in [1.54, 1.807) is 14.1 Å². The summed E-state index contributed by atoms with van der Waals surface area (Å²) >= 11 is 0. The molecule has 8 heteroatoms. The van der Waals surface area contributed by atoms with E-state index >= 15 is 0 Å². The molecule has 0 radical (unpaired) electrons. The van der Waals surface area contributed by atoms with Crippen molar-refractivity contribution in [2.24, 2.45) is 0 Å². The second-order valence-electron chi connectivity index (χ2n) is 4.70. The van der Waals surface area contributed by atoms with Gasteiger partial charge in [0.05, 0.1) is 11.3 Å². The number of hydrogen-bond donors (Lipinski definition) is 2. The molecule has 0 aliphatic rings. The average molecular weight is 314 g/mol. The van der Waals surface area contributed by atoms with Crippen LogP contribution in [0.25, 0.3) is 0 Å². The Morgan fingerprint density at radius 2 is 1.95 bits per heavy atom. The molecule has 21 heavy (non-hydrogen) atoms. The molecule has 0 aliphatic carbocycles. The quantitative estimate of drug-likeness (QED) is 0.752. The van der Waals surface area contributed by atoms with Crippen LogP contribution in [-0.2, 0) is 20.6 Å². The number of nitrogens with one attached hydrogen (secondary N) is 1. The highest BCUT2D eigenvalue weighted by molar-refractivity contribution is 7.88. The summed E-state index contributed by atoms with van der Waals surface area (Å²) in [6, 6.07) is 5.73. The van der Waals surface area contributed by atoms with E-state index in [2.05, 4.69) is 4.72 Å². The van der Waals surface area contributed by atoms with Gasteiger partial charge in [-0.15, -0.1) is 0 Å². The molecule has 0 aliphatic heterocycles. The van der Waals surface area contributed by atoms with E-state index in [1.165, 1.54) is 29.2 Å². The van der Waals surface area contributed by atoms with Crippen LogP contribution in [0.4, 0.5) is 0 Å². The zero-order valence-corrected chi connectivity index (χ0v) is 12.7. The van der Waals surface area contributed by atoms with Gasteiger partial charge >= 0.3 is 5.97 Å². The van der Waals surface area contributed by atoms with E-state index in [0.717, 1.165) is 0 Å². The molecule has 0 unspecified atom stereocenters. The smallest absolute Gasteiger partial charge is 0.335 e. The lowest BCUT2D eigenvalue weighted by Gasteiger charge is -2.11. The maximum atomic E-state index is 11.8. The molecule has 1 aromatic carbocycles. The Hall–Kier alpha value is -1.93. The molecule has 0 saturated heterocycles. The van der Waals surface area contributed by atoms with Gasteiger partial charge in [-0.25, -0.2) is 17.9 Å². The lowest BCUT2D eigenvalue weighted by Crippen LogP contribution is -2.31. The minimum Gasteiger partial charge on any atom is -0.478 e. The highest BCUT2D eigenvalue weighted by Gasteiger charge is 2.14. The molecule has 1 aromatic rings. The minimum atomic E-state index is -3.61. The first-order valence-electron chi connectivity index (χ1n) is 6.21. The Balaban J connectivity index is 2.62. The van der Waals surface area contributed by atoms with Gasteiger partial charge in [-0.3, -0.25) is 4.79 Å². The number of sulfonamides is 1. The Kier molecular flexibility index (Phi) is 5.86. The number of carboxylic acid groups (broad SMARTS) is 1. The monoisotopic (exact) mass is 314 g/mol. The van der Waals surface area contributed by atoms with Crippen molar-refractivity contribution in [3.05, 3.63) is 35.4 Å². The summed E-state index contributed by atoms with van der Waals surface area (Å²) in [4.78, 5) is 23.5. The summed E-state index contributed by atoms with van der Waals surface area (Å²) in [5.41, 5.74) is 0.409. The van der Waals surface area contributed by atoms with Gasteiger partial charge < -0.3 is 10.0 Å². The predicted molar refractivity (Wildman–Crippen MR) is 77.3 cm³/mol. The van der Waals surface area contributed by atoms with E-state index in [0.29, 0.717) is 5.56 Å². The zero-order chi connectivity index (χ0) is 16.0. The van der Waals surface area contributed by atoms with Gasteiger partial charge in [0.25, 0.3) is 0 Å². The summed E-state index contributed by atoms with van der Waals surface area (Å²) in [6.07, 6.45) is 0.0708. The number of amides is 1. The van der Waals surface area contributed by atoms with Crippen molar-refractivity contribution in [1.82, 2.24) is 9.62 Å². The van der Waals surface area contributed by atoms with Crippen molar-refractivity contribution in [1.29, 1.82) is 0 Å². The summed E-state index contributed by atoms with van der Waals surface area (Å²) in [7, 11) is -0.429. The highest BCUT2D eigenvalue weighted by atomic mass is 32.2. The van der Waals surface area contributed by atoms with E-state index in [9.17, 15) is 18.0 Å². The largest absolute Gasteiger partial charge is 0.478 e. The van der Waals surface area contributed by atoms with Gasteiger partial charge in [0.1, 0.15) is 0 Å². The van der Waals surface area contributed by atoms with Crippen LogP contribution in [0.1, 0.15) is 22.3 Å². The number of aromatic carboxylic acids is 1. The number of rotatable bonds is 7. The molecule has 0 atom stereocenters. The molecule has 0 bridgehead atoms. The van der Waals surface area contributed by atoms with Gasteiger partial charge in [-0.2, -0.15) is 0 Å². The van der Waals surface area contributed by atoms with E-state index in [-0.39, 0.29) is 30.2 Å². The Bertz CT molecular complexity index is 625. The number of nitrogens with zero attached hydrogens (tertiary/aromatic N) is 1. The molecular formula is C13H18N2O5S. The molecule has 116 valence electrons. The zero-order valence-electron chi connectivity index (χ0n) is 11.9. The molecule has 1 rings (SSSR count). The van der Waals surface area contributed by atoms with Crippen LogP contribution in [0.5, 0.6) is 0 Å². The van der Waals surface area contributed by atoms with Crippen molar-refractivity contribution in [2.45, 2.75) is 12.2 Å². The second kappa shape index (κ2) is 7.19. The van der Waals surface area contributed by atoms with Crippen LogP contribution in [0, 0.1) is 0 Å². The fourth-order valence-corrected chi connectivity index (χ4v) is 2.74. The van der Waals surface area contributed by atoms with Crippen molar-refractivity contribution in [3.8, 4) is 0 Å². The predicted octanol–water partition coefficient (Wildman–Crippen LogP) is 0.283. The van der Waals surface area contributed by atoms with Crippen molar-refractivity contribution < 1.29 is 23.1 Å². The van der Waals surface area contributed by atoms with Crippen LogP contribution < -0.4 is 4.72 Å². The van der Waals surface area contributed by atoms with Crippen molar-refractivity contribution in [3.63, 3.8) is 0 Å². The SMILES string of the molecule is CN(C)C(=O)CCNS(=O)(=O)Cc1cccc(C(=O)O)c1. The summed E-state index contributed by atoms with van der Waals surface area (Å²) < 4.78 is 26.0. The third kappa shape index (κ3) is 5.92. The van der Waals surface area contributed by atoms with E-state index < -0.39 is 16.0 Å². The number of carbonyl (C=O) groups is 2. The standard InChI is InChI=1S/C13H18N2O5S/c1-15(2)12(16)6-7-14-21(19,20)9-10-4-3-5-11(8-10)13(17)18/h3-5,8,14H,6-7,9H2,1-2H3,(H,17,18). The number of carbonyl (C=O) groups excluding carboxylic acids is 1. The lowest BCUT2D eigenvalue weighted by atomic mass is 10.1. The van der Waals surface area contributed by atoms with Crippen LogP contribution in [-0.4, -0.2) is 50.9 Å². The Morgan fingerprint density at radius 3 is 2.52 bits per heavy atom. The minimum absolute atomic E-state index is 0.0119. The Morgan fingerprint density at radius 1 is 1.29 bits per heavy atom. The van der Waals surface area contributed by atoms with Gasteiger partial charge in [-0.05, 0) is 17.7 Å². The van der Waals surface area contributed by atoms with E-state index in [1.807, 2.05) is 0 Å². The molecule has 2 N–H and O–H groups in total. The number of hydrogen-bond acceptors (Lipinski definition) is 4. The first kappa shape index (κ1) is 17.1. The lowest BCUT2D eigenvalue weighted by molar-refractivity contribution is -0.128. The third-order valence-corrected chi connectivity index (χ3v) is 4.05. The van der Waals surface area contributed by atoms with Crippen LogP contribution in [0.15, 0.2) is 24.3 Å². The maximum absolute atomic E-state index is 11.8. The average Bonchev–Trinajstić information content (AvgIpc) is 2.37. The van der Waals surface area contributed by atoms with Crippen molar-refractivity contribution >= 4 is 21.9 Å². The number of carboxylic acids is 1. The Labute approximate surface area is 123 Å². The van der Waals surface area contributed by atoms with Crippen LogP contribution >= 0.6 is 0 Å². The second-order valence-corrected chi connectivity index (χ2v) is 6.50. The normalized spacial score (nSPS) is 11.1. The molecule has 0 fully saturated rings. The fraction of sp³-hybridized carbons (Fsp3) is 0.385. The molecule has 1 amide bonds. The molecular weight excluding hydrogens is 296 g/mol. The number of benzene rings is 1. The van der Waals surface area contributed by atoms with Crippen LogP contribution in [0.2, 0.25) is 0 Å². The van der Waals surface area contributed by atoms with Gasteiger partial charge in [0.15, 0.2) is 0 Å². The molecule has 0 aromatic heterocycles. The molecule has 0 heterocycles. The first-order chi connectivity index (χ1) is 9.71. The first-order valence-corrected chi connectivity index (χ1v) is 7.86. The maximum Gasteiger partial charge on any atom is 0.335 e. The fourth-order valence-electron chi connectivity index (χ4n) is 1.60. The highest BCUT2D eigenvalue weighted by Crippen LogP contribution is 2.08. The molecule has 7 nitrogen and oxygen atoms in total.